The summed E-state index contributed by atoms with van der Waals surface area (Å²) >= 11 is 6.21. The van der Waals surface area contributed by atoms with Crippen LogP contribution in [0.1, 0.15) is 58.3 Å². The average Bonchev–Trinajstić information content (AvgIpc) is 3.06. The normalized spacial score (nSPS) is 21.2. The largest absolute Gasteiger partial charge is 0.337 e. The van der Waals surface area contributed by atoms with E-state index < -0.39 is 0 Å². The maximum absolute atomic E-state index is 13.8. The quantitative estimate of drug-likeness (QED) is 0.619. The zero-order chi connectivity index (χ0) is 19.5. The Morgan fingerprint density at radius 3 is 2.71 bits per heavy atom. The van der Waals surface area contributed by atoms with Crippen molar-refractivity contribution in [3.63, 3.8) is 0 Å². The number of fused-ring (bicyclic) bond motifs is 3. The highest BCUT2D eigenvalue weighted by molar-refractivity contribution is 6.17. The average molecular weight is 403 g/mol. The zero-order valence-electron chi connectivity index (χ0n) is 16.8. The van der Waals surface area contributed by atoms with E-state index in [0.29, 0.717) is 11.9 Å². The number of halogens is 1. The van der Waals surface area contributed by atoms with Gasteiger partial charge in [-0.15, -0.1) is 11.6 Å². The first-order valence-electron chi connectivity index (χ1n) is 10.9. The van der Waals surface area contributed by atoms with E-state index in [9.17, 15) is 4.79 Å². The summed E-state index contributed by atoms with van der Waals surface area (Å²) in [5.41, 5.74) is 1.80. The maximum Gasteiger partial charge on any atom is 0.331 e. The molecule has 1 amide bonds. The van der Waals surface area contributed by atoms with E-state index in [1.54, 1.807) is 0 Å². The van der Waals surface area contributed by atoms with Crippen molar-refractivity contribution in [2.24, 2.45) is 0 Å². The number of carbonyl (C=O) groups excluding carboxylic acids is 1. The van der Waals surface area contributed by atoms with E-state index in [2.05, 4.69) is 16.7 Å². The third kappa shape index (κ3) is 3.61. The number of hydrogen-bond donors (Lipinski definition) is 0. The van der Waals surface area contributed by atoms with Crippen LogP contribution in [0, 0.1) is 0 Å². The van der Waals surface area contributed by atoms with Crippen molar-refractivity contribution < 1.29 is 4.79 Å². The number of hydrogen-bond acceptors (Lipinski definition) is 3. The minimum Gasteiger partial charge on any atom is -0.337 e. The van der Waals surface area contributed by atoms with Gasteiger partial charge in [0.05, 0.1) is 17.1 Å². The Labute approximate surface area is 172 Å². The Morgan fingerprint density at radius 1 is 1.18 bits per heavy atom. The van der Waals surface area contributed by atoms with Gasteiger partial charge in [0.25, 0.3) is 0 Å². The minimum atomic E-state index is 0.0918. The molecule has 1 unspecified atom stereocenters. The lowest BCUT2D eigenvalue weighted by atomic mass is 9.94. The Bertz CT molecular complexity index is 814. The lowest BCUT2D eigenvalue weighted by molar-refractivity contribution is 0.155. The zero-order valence-corrected chi connectivity index (χ0v) is 17.6. The standard InChI is InChI=1S/C22H31ClN4O/c1-2-3-15-25-18(13-14-23)16-26(17-9-5-4-6-10-17)22(28)27-20-12-8-7-11-19(20)24-21(25)27/h7-8,11-12,17-18H,2-6,9-10,13-16H2,1H3. The molecule has 1 aliphatic carbocycles. The molecule has 4 rings (SSSR count). The first-order chi connectivity index (χ1) is 13.7. The Morgan fingerprint density at radius 2 is 1.96 bits per heavy atom. The molecule has 5 nitrogen and oxygen atoms in total. The molecule has 0 saturated heterocycles. The number of amides is 1. The van der Waals surface area contributed by atoms with Crippen LogP contribution in [0.25, 0.3) is 11.0 Å². The molecule has 152 valence electrons. The fourth-order valence-corrected chi connectivity index (χ4v) is 5.02. The summed E-state index contributed by atoms with van der Waals surface area (Å²) in [6, 6.07) is 8.64. The molecule has 1 aliphatic heterocycles. The second kappa shape index (κ2) is 8.73. The lowest BCUT2D eigenvalue weighted by Gasteiger charge is -2.36. The molecule has 2 aromatic rings. The van der Waals surface area contributed by atoms with Crippen LogP contribution in [0.15, 0.2) is 24.3 Å². The van der Waals surface area contributed by atoms with Crippen LogP contribution in [0.4, 0.5) is 10.7 Å². The number of imidazole rings is 1. The van der Waals surface area contributed by atoms with Gasteiger partial charge in [-0.3, -0.25) is 0 Å². The van der Waals surface area contributed by atoms with Crippen molar-refractivity contribution in [3.8, 4) is 0 Å². The molecule has 1 atom stereocenters. The molecule has 0 spiro atoms. The summed E-state index contributed by atoms with van der Waals surface area (Å²) in [4.78, 5) is 23.2. The summed E-state index contributed by atoms with van der Waals surface area (Å²) in [7, 11) is 0. The SMILES string of the molecule is CCCCN1c2nc3ccccc3n2C(=O)N(C2CCCCC2)CC1CCCl. The number of unbranched alkanes of at least 4 members (excludes halogenated alkanes) is 1. The topological polar surface area (TPSA) is 41.4 Å². The van der Waals surface area contributed by atoms with Gasteiger partial charge in [-0.05, 0) is 37.8 Å². The third-order valence-corrected chi connectivity index (χ3v) is 6.51. The van der Waals surface area contributed by atoms with Gasteiger partial charge in [0.1, 0.15) is 0 Å². The molecule has 1 fully saturated rings. The molecule has 0 radical (unpaired) electrons. The van der Waals surface area contributed by atoms with E-state index in [1.807, 2.05) is 28.8 Å². The molecule has 1 saturated carbocycles. The third-order valence-electron chi connectivity index (χ3n) is 6.30. The molecule has 2 heterocycles. The predicted molar refractivity (Wildman–Crippen MR) is 115 cm³/mol. The van der Waals surface area contributed by atoms with Crippen LogP contribution in [-0.2, 0) is 0 Å². The van der Waals surface area contributed by atoms with Crippen molar-refractivity contribution in [3.05, 3.63) is 24.3 Å². The van der Waals surface area contributed by atoms with E-state index in [-0.39, 0.29) is 12.1 Å². The van der Waals surface area contributed by atoms with Crippen LogP contribution in [0.2, 0.25) is 0 Å². The Balaban J connectivity index is 1.82. The van der Waals surface area contributed by atoms with E-state index in [4.69, 9.17) is 16.6 Å². The summed E-state index contributed by atoms with van der Waals surface area (Å²) < 4.78 is 1.87. The van der Waals surface area contributed by atoms with Gasteiger partial charge in [0.15, 0.2) is 0 Å². The van der Waals surface area contributed by atoms with Gasteiger partial charge in [-0.1, -0.05) is 44.7 Å². The fourth-order valence-electron chi connectivity index (χ4n) is 4.77. The predicted octanol–water partition coefficient (Wildman–Crippen LogP) is 5.26. The van der Waals surface area contributed by atoms with E-state index in [1.165, 1.54) is 19.3 Å². The van der Waals surface area contributed by atoms with Gasteiger partial charge in [-0.25, -0.2) is 14.3 Å². The van der Waals surface area contributed by atoms with Crippen molar-refractivity contribution in [2.75, 3.05) is 23.9 Å². The van der Waals surface area contributed by atoms with Crippen LogP contribution in [0.5, 0.6) is 0 Å². The minimum absolute atomic E-state index is 0.0918. The first kappa shape index (κ1) is 19.6. The molecule has 6 heteroatoms. The molecule has 1 aromatic heterocycles. The number of anilines is 1. The summed E-state index contributed by atoms with van der Waals surface area (Å²) in [5, 5.41) is 0. The van der Waals surface area contributed by atoms with Crippen molar-refractivity contribution in [1.29, 1.82) is 0 Å². The van der Waals surface area contributed by atoms with Gasteiger partial charge in [0, 0.05) is 25.0 Å². The van der Waals surface area contributed by atoms with Gasteiger partial charge in [0.2, 0.25) is 5.95 Å². The first-order valence-corrected chi connectivity index (χ1v) is 11.4. The number of benzene rings is 1. The van der Waals surface area contributed by atoms with Gasteiger partial charge < -0.3 is 9.80 Å². The Hall–Kier alpha value is -1.75. The monoisotopic (exact) mass is 402 g/mol. The van der Waals surface area contributed by atoms with Crippen LogP contribution < -0.4 is 4.90 Å². The highest BCUT2D eigenvalue weighted by Crippen LogP contribution is 2.32. The number of nitrogens with zero attached hydrogens (tertiary/aromatic N) is 4. The van der Waals surface area contributed by atoms with Crippen molar-refractivity contribution >= 4 is 34.6 Å². The summed E-state index contributed by atoms with van der Waals surface area (Å²) in [6.45, 7) is 3.86. The van der Waals surface area contributed by atoms with Crippen LogP contribution >= 0.6 is 11.6 Å². The lowest BCUT2D eigenvalue weighted by Crippen LogP contribution is -2.48. The summed E-state index contributed by atoms with van der Waals surface area (Å²) in [6.07, 6.45) is 8.99. The van der Waals surface area contributed by atoms with Crippen molar-refractivity contribution in [2.45, 2.75) is 70.4 Å². The number of aromatic nitrogens is 2. The maximum atomic E-state index is 13.8. The number of para-hydroxylation sites is 2. The smallest absolute Gasteiger partial charge is 0.331 e. The second-order valence-corrected chi connectivity index (χ2v) is 8.52. The molecular formula is C22H31ClN4O. The van der Waals surface area contributed by atoms with E-state index in [0.717, 1.165) is 62.2 Å². The molecule has 0 bridgehead atoms. The molecule has 0 N–H and O–H groups in total. The van der Waals surface area contributed by atoms with Crippen molar-refractivity contribution in [1.82, 2.24) is 14.5 Å². The Kier molecular flexibility index (Phi) is 6.10. The van der Waals surface area contributed by atoms with E-state index >= 15 is 0 Å². The fraction of sp³-hybridized carbons (Fsp3) is 0.636. The second-order valence-electron chi connectivity index (χ2n) is 8.14. The van der Waals surface area contributed by atoms with Gasteiger partial charge >= 0.3 is 6.03 Å². The van der Waals surface area contributed by atoms with Crippen LogP contribution in [0.3, 0.4) is 0 Å². The van der Waals surface area contributed by atoms with Crippen LogP contribution in [-0.4, -0.2) is 51.5 Å². The summed E-state index contributed by atoms with van der Waals surface area (Å²) in [5.74, 6) is 1.40. The number of rotatable bonds is 6. The highest BCUT2D eigenvalue weighted by atomic mass is 35.5. The molecule has 28 heavy (non-hydrogen) atoms. The number of carbonyl (C=O) groups is 1. The molecular weight excluding hydrogens is 372 g/mol. The molecule has 2 aliphatic rings. The highest BCUT2D eigenvalue weighted by Gasteiger charge is 2.37. The number of alkyl halides is 1. The molecule has 1 aromatic carbocycles. The van der Waals surface area contributed by atoms with Gasteiger partial charge in [-0.2, -0.15) is 0 Å².